The second-order valence-corrected chi connectivity index (χ2v) is 8.02. The van der Waals surface area contributed by atoms with Gasteiger partial charge in [0.05, 0.1) is 0 Å². The third kappa shape index (κ3) is 4.22. The van der Waals surface area contributed by atoms with Gasteiger partial charge in [0.2, 0.25) is 5.89 Å². The summed E-state index contributed by atoms with van der Waals surface area (Å²) in [5, 5.41) is 8.87. The second kappa shape index (κ2) is 7.18. The highest BCUT2D eigenvalue weighted by atomic mass is 35.5. The number of aromatic nitrogens is 2. The van der Waals surface area contributed by atoms with Crippen molar-refractivity contribution in [2.24, 2.45) is 0 Å². The second-order valence-electron chi connectivity index (χ2n) is 6.69. The summed E-state index contributed by atoms with van der Waals surface area (Å²) in [6.07, 6.45) is 0. The molecule has 25 heavy (non-hydrogen) atoms. The quantitative estimate of drug-likeness (QED) is 0.514. The van der Waals surface area contributed by atoms with E-state index in [1.54, 1.807) is 12.1 Å². The van der Waals surface area contributed by atoms with Crippen LogP contribution in [0.25, 0.3) is 11.5 Å². The molecule has 0 N–H and O–H groups in total. The summed E-state index contributed by atoms with van der Waals surface area (Å²) in [4.78, 5) is 0. The minimum Gasteiger partial charge on any atom is -0.411 e. The molecule has 130 valence electrons. The van der Waals surface area contributed by atoms with Crippen molar-refractivity contribution < 1.29 is 8.81 Å². The van der Waals surface area contributed by atoms with Gasteiger partial charge in [-0.05, 0) is 35.2 Å². The van der Waals surface area contributed by atoms with E-state index in [9.17, 15) is 4.39 Å². The van der Waals surface area contributed by atoms with E-state index in [1.165, 1.54) is 23.4 Å². The molecule has 3 nitrogen and oxygen atoms in total. The number of halogens is 2. The Bertz CT molecular complexity index is 852. The molecule has 0 fully saturated rings. The van der Waals surface area contributed by atoms with E-state index >= 15 is 0 Å². The molecule has 6 heteroatoms. The lowest BCUT2D eigenvalue weighted by molar-refractivity contribution is 0.465. The van der Waals surface area contributed by atoms with E-state index in [-0.39, 0.29) is 11.2 Å². The number of hydrogen-bond acceptors (Lipinski definition) is 4. The summed E-state index contributed by atoms with van der Waals surface area (Å²) < 4.78 is 19.5. The Hall–Kier alpha value is -1.85. The van der Waals surface area contributed by atoms with Crippen LogP contribution in [0.4, 0.5) is 4.39 Å². The summed E-state index contributed by atoms with van der Waals surface area (Å²) in [5.74, 6) is 0.441. The number of rotatable bonds is 4. The lowest BCUT2D eigenvalue weighted by Gasteiger charge is -2.18. The zero-order valence-electron chi connectivity index (χ0n) is 14.2. The van der Waals surface area contributed by atoms with Crippen LogP contribution in [-0.4, -0.2) is 10.2 Å². The van der Waals surface area contributed by atoms with E-state index in [4.69, 9.17) is 16.0 Å². The lowest BCUT2D eigenvalue weighted by atomic mass is 9.87. The largest absolute Gasteiger partial charge is 0.411 e. The first-order chi connectivity index (χ1) is 11.8. The fraction of sp³-hybridized carbons (Fsp3) is 0.263. The maximum absolute atomic E-state index is 13.8. The Morgan fingerprint density at radius 2 is 1.80 bits per heavy atom. The van der Waals surface area contributed by atoms with Crippen LogP contribution in [0, 0.1) is 5.82 Å². The van der Waals surface area contributed by atoms with Crippen molar-refractivity contribution in [3.05, 3.63) is 64.4 Å². The summed E-state index contributed by atoms with van der Waals surface area (Å²) in [6, 6.07) is 12.7. The molecule has 0 amide bonds. The average Bonchev–Trinajstić information content (AvgIpc) is 3.03. The van der Waals surface area contributed by atoms with Gasteiger partial charge in [-0.1, -0.05) is 62.3 Å². The van der Waals surface area contributed by atoms with Crippen LogP contribution < -0.4 is 0 Å². The molecule has 1 aromatic heterocycles. The molecule has 1 heterocycles. The van der Waals surface area contributed by atoms with Crippen molar-refractivity contribution >= 4 is 23.4 Å². The molecule has 0 aliphatic rings. The van der Waals surface area contributed by atoms with Crippen molar-refractivity contribution in [1.82, 2.24) is 10.2 Å². The standard InChI is InChI=1S/C19H18ClFN2OS/c1-19(2,3)13-9-7-12(8-10-13)17-22-23-18(24-17)25-11-14-15(20)5-4-6-16(14)21/h4-10H,11H2,1-3H3. The number of nitrogens with zero attached hydrogens (tertiary/aromatic N) is 2. The van der Waals surface area contributed by atoms with E-state index in [2.05, 4.69) is 43.1 Å². The van der Waals surface area contributed by atoms with Gasteiger partial charge in [-0.25, -0.2) is 4.39 Å². The molecular weight excluding hydrogens is 359 g/mol. The number of thioether (sulfide) groups is 1. The third-order valence-corrected chi connectivity index (χ3v) is 5.01. The molecule has 0 saturated carbocycles. The maximum atomic E-state index is 13.8. The fourth-order valence-corrected chi connectivity index (χ4v) is 3.41. The first kappa shape index (κ1) is 18.0. The highest BCUT2D eigenvalue weighted by Crippen LogP contribution is 2.30. The lowest BCUT2D eigenvalue weighted by Crippen LogP contribution is -2.10. The van der Waals surface area contributed by atoms with Crippen molar-refractivity contribution in [3.63, 3.8) is 0 Å². The number of benzene rings is 2. The van der Waals surface area contributed by atoms with Crippen molar-refractivity contribution in [3.8, 4) is 11.5 Å². The maximum Gasteiger partial charge on any atom is 0.277 e. The topological polar surface area (TPSA) is 38.9 Å². The molecule has 2 aromatic carbocycles. The normalized spacial score (nSPS) is 11.7. The molecule has 0 atom stereocenters. The van der Waals surface area contributed by atoms with Crippen LogP contribution in [0.15, 0.2) is 52.1 Å². The van der Waals surface area contributed by atoms with Gasteiger partial charge < -0.3 is 4.42 Å². The smallest absolute Gasteiger partial charge is 0.277 e. The average molecular weight is 377 g/mol. The molecule has 0 saturated heterocycles. The van der Waals surface area contributed by atoms with Crippen molar-refractivity contribution in [2.45, 2.75) is 37.2 Å². The van der Waals surface area contributed by atoms with Crippen LogP contribution in [0.3, 0.4) is 0 Å². The fourth-order valence-electron chi connectivity index (χ4n) is 2.30. The van der Waals surface area contributed by atoms with Crippen molar-refractivity contribution in [1.29, 1.82) is 0 Å². The summed E-state index contributed by atoms with van der Waals surface area (Å²) in [6.45, 7) is 6.49. The predicted molar refractivity (Wildman–Crippen MR) is 99.4 cm³/mol. The molecule has 3 rings (SSSR count). The summed E-state index contributed by atoms with van der Waals surface area (Å²) >= 11 is 7.29. The van der Waals surface area contributed by atoms with Crippen LogP contribution in [0.1, 0.15) is 31.9 Å². The SMILES string of the molecule is CC(C)(C)c1ccc(-c2nnc(SCc3c(F)cccc3Cl)o2)cc1. The summed E-state index contributed by atoms with van der Waals surface area (Å²) in [7, 11) is 0. The molecule has 0 unspecified atom stereocenters. The number of hydrogen-bond donors (Lipinski definition) is 0. The van der Waals surface area contributed by atoms with E-state index in [0.29, 0.717) is 27.5 Å². The first-order valence-electron chi connectivity index (χ1n) is 7.85. The molecular formula is C19H18ClFN2OS. The van der Waals surface area contributed by atoms with E-state index in [0.717, 1.165) is 5.56 Å². The third-order valence-electron chi connectivity index (χ3n) is 3.81. The van der Waals surface area contributed by atoms with Gasteiger partial charge in [-0.15, -0.1) is 10.2 Å². The molecule has 0 aliphatic carbocycles. The molecule has 0 bridgehead atoms. The minimum absolute atomic E-state index is 0.0907. The zero-order chi connectivity index (χ0) is 18.0. The summed E-state index contributed by atoms with van der Waals surface area (Å²) in [5.41, 5.74) is 2.62. The van der Waals surface area contributed by atoms with Crippen molar-refractivity contribution in [2.75, 3.05) is 0 Å². The highest BCUT2D eigenvalue weighted by molar-refractivity contribution is 7.98. The van der Waals surface area contributed by atoms with Crippen LogP contribution in [-0.2, 0) is 11.2 Å². The van der Waals surface area contributed by atoms with Crippen LogP contribution in [0.5, 0.6) is 0 Å². The Morgan fingerprint density at radius 3 is 2.44 bits per heavy atom. The Labute approximate surface area is 155 Å². The molecule has 3 aromatic rings. The van der Waals surface area contributed by atoms with Gasteiger partial charge in [0.1, 0.15) is 5.82 Å². The van der Waals surface area contributed by atoms with Crippen LogP contribution >= 0.6 is 23.4 Å². The van der Waals surface area contributed by atoms with Gasteiger partial charge in [-0.3, -0.25) is 0 Å². The first-order valence-corrected chi connectivity index (χ1v) is 9.21. The van der Waals surface area contributed by atoms with E-state index < -0.39 is 0 Å². The van der Waals surface area contributed by atoms with Gasteiger partial charge in [0, 0.05) is 21.9 Å². The molecule has 0 aliphatic heterocycles. The highest BCUT2D eigenvalue weighted by Gasteiger charge is 2.15. The Kier molecular flexibility index (Phi) is 5.16. The van der Waals surface area contributed by atoms with Gasteiger partial charge in [0.15, 0.2) is 0 Å². The Morgan fingerprint density at radius 1 is 1.08 bits per heavy atom. The molecule has 0 radical (unpaired) electrons. The predicted octanol–water partition coefficient (Wildman–Crippen LogP) is 6.12. The van der Waals surface area contributed by atoms with Gasteiger partial charge in [-0.2, -0.15) is 0 Å². The zero-order valence-corrected chi connectivity index (χ0v) is 15.8. The minimum atomic E-state index is -0.336. The Balaban J connectivity index is 1.72. The van der Waals surface area contributed by atoms with E-state index in [1.807, 2.05) is 12.1 Å². The van der Waals surface area contributed by atoms with Gasteiger partial charge >= 0.3 is 0 Å². The van der Waals surface area contributed by atoms with Crippen LogP contribution in [0.2, 0.25) is 5.02 Å². The van der Waals surface area contributed by atoms with Gasteiger partial charge in [0.25, 0.3) is 5.22 Å². The monoisotopic (exact) mass is 376 g/mol. The molecule has 0 spiro atoms.